The topological polar surface area (TPSA) is 68.3 Å². The number of carbonyl (C=O) groups is 2. The van der Waals surface area contributed by atoms with E-state index in [1.165, 1.54) is 50.3 Å². The number of halogens is 1. The second-order valence-electron chi connectivity index (χ2n) is 8.44. The Bertz CT molecular complexity index is 1270. The summed E-state index contributed by atoms with van der Waals surface area (Å²) < 4.78 is 30.5. The van der Waals surface area contributed by atoms with E-state index in [0.717, 1.165) is 24.5 Å². The van der Waals surface area contributed by atoms with Crippen LogP contribution in [0.5, 0.6) is 23.0 Å². The van der Waals surface area contributed by atoms with Gasteiger partial charge in [-0.15, -0.1) is 0 Å². The number of ether oxygens (including phenoxy) is 3. The quantitative estimate of drug-likeness (QED) is 0.431. The van der Waals surface area contributed by atoms with Crippen LogP contribution in [0.25, 0.3) is 0 Å². The van der Waals surface area contributed by atoms with Gasteiger partial charge in [0.25, 0.3) is 11.8 Å². The van der Waals surface area contributed by atoms with Crippen LogP contribution in [0.3, 0.4) is 0 Å². The van der Waals surface area contributed by atoms with E-state index in [9.17, 15) is 14.0 Å². The molecule has 2 amide bonds. The fourth-order valence-corrected chi connectivity index (χ4v) is 4.39. The molecule has 7 nitrogen and oxygen atoms in total. The highest BCUT2D eigenvalue weighted by Gasteiger charge is 2.37. The van der Waals surface area contributed by atoms with E-state index in [4.69, 9.17) is 14.2 Å². The summed E-state index contributed by atoms with van der Waals surface area (Å²) in [7, 11) is 1.52. The van der Waals surface area contributed by atoms with Gasteiger partial charge >= 0.3 is 0 Å². The van der Waals surface area contributed by atoms with Crippen molar-refractivity contribution in [1.82, 2.24) is 4.90 Å². The van der Waals surface area contributed by atoms with Crippen LogP contribution in [0.1, 0.15) is 33.6 Å². The maximum Gasteiger partial charge on any atom is 0.266 e. The smallest absolute Gasteiger partial charge is 0.266 e. The molecule has 0 unspecified atom stereocenters. The third kappa shape index (κ3) is 4.70. The van der Waals surface area contributed by atoms with Crippen LogP contribution >= 0.6 is 0 Å². The lowest BCUT2D eigenvalue weighted by Gasteiger charge is -2.18. The normalized spacial score (nSPS) is 15.4. The highest BCUT2D eigenvalue weighted by atomic mass is 19.1. The first-order chi connectivity index (χ1) is 17.0. The van der Waals surface area contributed by atoms with Gasteiger partial charge in [-0.1, -0.05) is 6.07 Å². The molecule has 3 aromatic rings. The Kier molecular flexibility index (Phi) is 6.37. The number of imide groups is 1. The van der Waals surface area contributed by atoms with Gasteiger partial charge in [0.15, 0.2) is 11.5 Å². The predicted molar refractivity (Wildman–Crippen MR) is 128 cm³/mol. The summed E-state index contributed by atoms with van der Waals surface area (Å²) >= 11 is 0. The minimum atomic E-state index is -0.473. The zero-order valence-corrected chi connectivity index (χ0v) is 19.3. The molecule has 1 fully saturated rings. The number of carbonyl (C=O) groups excluding carboxylic acids is 2. The lowest BCUT2D eigenvalue weighted by Crippen LogP contribution is -2.29. The Balaban J connectivity index is 1.33. The average molecular weight is 477 g/mol. The van der Waals surface area contributed by atoms with Crippen LogP contribution in [0.15, 0.2) is 60.7 Å². The number of benzene rings is 3. The molecule has 0 radical (unpaired) electrons. The summed E-state index contributed by atoms with van der Waals surface area (Å²) in [6, 6.07) is 15.3. The summed E-state index contributed by atoms with van der Waals surface area (Å²) in [6.45, 7) is 3.54. The summed E-state index contributed by atoms with van der Waals surface area (Å²) in [5, 5.41) is 0. The van der Waals surface area contributed by atoms with Crippen molar-refractivity contribution in [2.75, 3.05) is 38.3 Å². The van der Waals surface area contributed by atoms with Gasteiger partial charge in [0, 0.05) is 18.7 Å². The van der Waals surface area contributed by atoms with Gasteiger partial charge in [0.05, 0.1) is 23.9 Å². The highest BCUT2D eigenvalue weighted by Crippen LogP contribution is 2.37. The van der Waals surface area contributed by atoms with Gasteiger partial charge in [0.2, 0.25) is 0 Å². The van der Waals surface area contributed by atoms with E-state index in [2.05, 4.69) is 4.90 Å². The molecule has 180 valence electrons. The summed E-state index contributed by atoms with van der Waals surface area (Å²) in [5.41, 5.74) is 0.868. The Labute approximate surface area is 202 Å². The van der Waals surface area contributed by atoms with Crippen molar-refractivity contribution in [2.24, 2.45) is 0 Å². The maximum absolute atomic E-state index is 13.5. The molecule has 2 aliphatic heterocycles. The van der Waals surface area contributed by atoms with Gasteiger partial charge < -0.3 is 14.2 Å². The number of nitrogens with zero attached hydrogens (tertiary/aromatic N) is 2. The summed E-state index contributed by atoms with van der Waals surface area (Å²) in [5.74, 6) is 0.277. The van der Waals surface area contributed by atoms with Crippen LogP contribution in [-0.4, -0.2) is 50.1 Å². The van der Waals surface area contributed by atoms with Crippen molar-refractivity contribution >= 4 is 17.5 Å². The predicted octanol–water partition coefficient (Wildman–Crippen LogP) is 4.90. The number of fused-ring (bicyclic) bond motifs is 1. The third-order valence-electron chi connectivity index (χ3n) is 6.16. The van der Waals surface area contributed by atoms with Crippen LogP contribution in [0, 0.1) is 5.82 Å². The largest absolute Gasteiger partial charge is 0.493 e. The van der Waals surface area contributed by atoms with Crippen LogP contribution in [0.4, 0.5) is 10.1 Å². The fraction of sp³-hybridized carbons (Fsp3) is 0.259. The maximum atomic E-state index is 13.5. The molecule has 0 saturated carbocycles. The second-order valence-corrected chi connectivity index (χ2v) is 8.44. The molecular weight excluding hydrogens is 451 g/mol. The van der Waals surface area contributed by atoms with Gasteiger partial charge in [-0.25, -0.2) is 9.29 Å². The number of likely N-dealkylation sites (tertiary alicyclic amines) is 1. The first kappa shape index (κ1) is 22.9. The molecule has 2 aliphatic rings. The standard InChI is InChI=1S/C27H25FN2O5/c1-33-25-16-19(7-10-24(25)34-14-13-29-11-2-3-12-29)30-26(31)22-9-8-21(17-23(22)27(30)32)35-20-6-4-5-18(28)15-20/h4-10,15-17H,2-3,11-14H2,1H3. The van der Waals surface area contributed by atoms with E-state index in [-0.39, 0.29) is 11.1 Å². The van der Waals surface area contributed by atoms with E-state index in [1.807, 2.05) is 0 Å². The van der Waals surface area contributed by atoms with Crippen LogP contribution in [-0.2, 0) is 0 Å². The number of hydrogen-bond donors (Lipinski definition) is 0. The number of amides is 2. The van der Waals surface area contributed by atoms with Crippen molar-refractivity contribution in [3.8, 4) is 23.0 Å². The van der Waals surface area contributed by atoms with E-state index >= 15 is 0 Å². The third-order valence-corrected chi connectivity index (χ3v) is 6.16. The molecule has 0 aromatic heterocycles. The second kappa shape index (κ2) is 9.76. The summed E-state index contributed by atoms with van der Waals surface area (Å²) in [6.07, 6.45) is 2.44. The zero-order valence-electron chi connectivity index (χ0n) is 19.3. The Hall–Kier alpha value is -3.91. The number of hydrogen-bond acceptors (Lipinski definition) is 6. The first-order valence-corrected chi connectivity index (χ1v) is 11.5. The van der Waals surface area contributed by atoms with E-state index in [1.54, 1.807) is 30.3 Å². The molecule has 1 saturated heterocycles. The van der Waals surface area contributed by atoms with Gasteiger partial charge in [-0.05, 0) is 68.4 Å². The molecule has 0 atom stereocenters. The molecule has 0 spiro atoms. The minimum Gasteiger partial charge on any atom is -0.493 e. The van der Waals surface area contributed by atoms with Gasteiger partial charge in [-0.3, -0.25) is 14.5 Å². The number of rotatable bonds is 8. The molecule has 0 bridgehead atoms. The monoisotopic (exact) mass is 476 g/mol. The Morgan fingerprint density at radius 3 is 2.40 bits per heavy atom. The SMILES string of the molecule is COc1cc(N2C(=O)c3ccc(Oc4cccc(F)c4)cc3C2=O)ccc1OCCN1CCCC1. The molecular formula is C27H25FN2O5. The van der Waals surface area contributed by atoms with E-state index in [0.29, 0.717) is 35.3 Å². The Morgan fingerprint density at radius 1 is 0.857 bits per heavy atom. The molecule has 8 heteroatoms. The highest BCUT2D eigenvalue weighted by molar-refractivity contribution is 6.34. The van der Waals surface area contributed by atoms with Crippen molar-refractivity contribution in [2.45, 2.75) is 12.8 Å². The van der Waals surface area contributed by atoms with Crippen LogP contribution in [0.2, 0.25) is 0 Å². The van der Waals surface area contributed by atoms with Crippen molar-refractivity contribution in [1.29, 1.82) is 0 Å². The van der Waals surface area contributed by atoms with E-state index < -0.39 is 17.6 Å². The van der Waals surface area contributed by atoms with Gasteiger partial charge in [0.1, 0.15) is 23.9 Å². The Morgan fingerprint density at radius 2 is 1.63 bits per heavy atom. The first-order valence-electron chi connectivity index (χ1n) is 11.5. The summed E-state index contributed by atoms with van der Waals surface area (Å²) in [4.78, 5) is 29.7. The zero-order chi connectivity index (χ0) is 24.4. The van der Waals surface area contributed by atoms with Crippen molar-refractivity contribution < 1.29 is 28.2 Å². The molecule has 2 heterocycles. The molecule has 5 rings (SSSR count). The lowest BCUT2D eigenvalue weighted by atomic mass is 10.1. The molecule has 3 aromatic carbocycles. The average Bonchev–Trinajstić information content (AvgIpc) is 3.46. The number of anilines is 1. The van der Waals surface area contributed by atoms with Crippen molar-refractivity contribution in [3.63, 3.8) is 0 Å². The molecule has 35 heavy (non-hydrogen) atoms. The molecule has 0 aliphatic carbocycles. The lowest BCUT2D eigenvalue weighted by molar-refractivity contribution is 0.0926. The minimum absolute atomic E-state index is 0.216. The number of methoxy groups -OCH3 is 1. The van der Waals surface area contributed by atoms with Crippen molar-refractivity contribution in [3.05, 3.63) is 77.6 Å². The van der Waals surface area contributed by atoms with Crippen LogP contribution < -0.4 is 19.1 Å². The molecule has 0 N–H and O–H groups in total. The van der Waals surface area contributed by atoms with Gasteiger partial charge in [-0.2, -0.15) is 0 Å². The fourth-order valence-electron chi connectivity index (χ4n) is 4.39.